The van der Waals surface area contributed by atoms with E-state index in [2.05, 4.69) is 10.6 Å². The van der Waals surface area contributed by atoms with Gasteiger partial charge in [-0.1, -0.05) is 38.1 Å². The Morgan fingerprint density at radius 2 is 1.37 bits per heavy atom. The van der Waals surface area contributed by atoms with Crippen molar-refractivity contribution in [1.82, 2.24) is 10.6 Å². The van der Waals surface area contributed by atoms with Crippen molar-refractivity contribution in [2.24, 2.45) is 11.7 Å². The number of nitrogens with one attached hydrogen (secondary N) is 2. The third kappa shape index (κ3) is 5.86. The van der Waals surface area contributed by atoms with Crippen molar-refractivity contribution in [2.45, 2.75) is 25.9 Å². The highest BCUT2D eigenvalue weighted by Crippen LogP contribution is 2.22. The average molecular weight is 375 g/mol. The molecule has 0 saturated carbocycles. The van der Waals surface area contributed by atoms with Crippen LogP contribution >= 0.6 is 0 Å². The highest BCUT2D eigenvalue weighted by Gasteiger charge is 2.20. The zero-order valence-electron chi connectivity index (χ0n) is 15.2. The molecule has 27 heavy (non-hydrogen) atoms. The predicted octanol–water partition coefficient (Wildman–Crippen LogP) is 2.27. The molecule has 0 heterocycles. The molecule has 2 aromatic rings. The maximum Gasteiger partial charge on any atom is 0.240 e. The molecule has 0 radical (unpaired) electrons. The Bertz CT molecular complexity index is 731. The van der Waals surface area contributed by atoms with Crippen LogP contribution < -0.4 is 16.4 Å². The van der Waals surface area contributed by atoms with E-state index in [9.17, 15) is 18.4 Å². The molecule has 2 rings (SSSR count). The van der Waals surface area contributed by atoms with Gasteiger partial charge in [0, 0.05) is 0 Å². The van der Waals surface area contributed by atoms with Crippen LogP contribution in [-0.4, -0.2) is 24.4 Å². The molecule has 0 aliphatic rings. The number of amides is 2. The van der Waals surface area contributed by atoms with Crippen LogP contribution in [0, 0.1) is 17.6 Å². The zero-order valence-corrected chi connectivity index (χ0v) is 15.2. The molecule has 0 unspecified atom stereocenters. The maximum absolute atomic E-state index is 13.2. The summed E-state index contributed by atoms with van der Waals surface area (Å²) in [5.74, 6) is -1.73. The van der Waals surface area contributed by atoms with Crippen LogP contribution in [0.5, 0.6) is 0 Å². The van der Waals surface area contributed by atoms with Crippen LogP contribution in [0.1, 0.15) is 31.0 Å². The minimum Gasteiger partial charge on any atom is -0.346 e. The van der Waals surface area contributed by atoms with Crippen molar-refractivity contribution in [1.29, 1.82) is 0 Å². The Hall–Kier alpha value is -2.80. The van der Waals surface area contributed by atoms with Crippen molar-refractivity contribution in [3.8, 4) is 0 Å². The fourth-order valence-corrected chi connectivity index (χ4v) is 2.47. The number of carbonyl (C=O) groups is 2. The average Bonchev–Trinajstić information content (AvgIpc) is 2.65. The van der Waals surface area contributed by atoms with E-state index in [1.165, 1.54) is 48.5 Å². The normalized spacial score (nSPS) is 12.1. The first-order valence-corrected chi connectivity index (χ1v) is 8.61. The number of halogens is 2. The van der Waals surface area contributed by atoms with Gasteiger partial charge in [-0.3, -0.25) is 9.59 Å². The number of nitrogens with two attached hydrogens (primary N) is 1. The van der Waals surface area contributed by atoms with Crippen molar-refractivity contribution in [2.75, 3.05) is 6.54 Å². The van der Waals surface area contributed by atoms with Gasteiger partial charge in [0.15, 0.2) is 0 Å². The molecule has 4 N–H and O–H groups in total. The Morgan fingerprint density at radius 1 is 0.926 bits per heavy atom. The molecule has 0 aromatic heterocycles. The van der Waals surface area contributed by atoms with Crippen LogP contribution in [0.2, 0.25) is 0 Å². The lowest BCUT2D eigenvalue weighted by atomic mass is 9.98. The number of hydrogen-bond donors (Lipinski definition) is 3. The second kappa shape index (κ2) is 9.23. The largest absolute Gasteiger partial charge is 0.346 e. The molecule has 5 nitrogen and oxygen atoms in total. The van der Waals surface area contributed by atoms with E-state index in [0.717, 1.165) is 0 Å². The Labute approximate surface area is 157 Å². The van der Waals surface area contributed by atoms with E-state index in [1.54, 1.807) is 0 Å². The second-order valence-electron chi connectivity index (χ2n) is 6.59. The van der Waals surface area contributed by atoms with Gasteiger partial charge in [-0.2, -0.15) is 0 Å². The van der Waals surface area contributed by atoms with E-state index >= 15 is 0 Å². The topological polar surface area (TPSA) is 84.2 Å². The van der Waals surface area contributed by atoms with Crippen molar-refractivity contribution in [3.05, 3.63) is 71.3 Å². The Balaban J connectivity index is 2.12. The van der Waals surface area contributed by atoms with Gasteiger partial charge in [0.05, 0.1) is 18.6 Å². The van der Waals surface area contributed by atoms with Gasteiger partial charge in [0.1, 0.15) is 11.6 Å². The molecule has 1 atom stereocenters. The minimum absolute atomic E-state index is 0.0563. The molecule has 0 saturated heterocycles. The van der Waals surface area contributed by atoms with Crippen molar-refractivity contribution >= 4 is 11.8 Å². The summed E-state index contributed by atoms with van der Waals surface area (Å²) in [7, 11) is 0. The summed E-state index contributed by atoms with van der Waals surface area (Å²) < 4.78 is 26.4. The summed E-state index contributed by atoms with van der Waals surface area (Å²) in [4.78, 5) is 24.2. The van der Waals surface area contributed by atoms with Gasteiger partial charge < -0.3 is 16.4 Å². The molecule has 0 aliphatic heterocycles. The van der Waals surface area contributed by atoms with Gasteiger partial charge in [-0.05, 0) is 41.3 Å². The van der Waals surface area contributed by atoms with Crippen molar-refractivity contribution < 1.29 is 18.4 Å². The summed E-state index contributed by atoms with van der Waals surface area (Å²) in [6, 6.07) is 9.95. The lowest BCUT2D eigenvalue weighted by Gasteiger charge is -2.21. The number of carbonyl (C=O) groups excluding carboxylic acids is 2. The van der Waals surface area contributed by atoms with Crippen LogP contribution in [0.15, 0.2) is 48.5 Å². The SMILES string of the molecule is CC(C)[C@H](N)C(=O)NCC(=O)NC(c1ccc(F)cc1)c1ccc(F)cc1. The quantitative estimate of drug-likeness (QED) is 0.694. The Kier molecular flexibility index (Phi) is 7.01. The van der Waals surface area contributed by atoms with Crippen molar-refractivity contribution in [3.63, 3.8) is 0 Å². The molecule has 7 heteroatoms. The number of hydrogen-bond acceptors (Lipinski definition) is 3. The van der Waals surface area contributed by atoms with Gasteiger partial charge in [0.2, 0.25) is 11.8 Å². The molecule has 0 spiro atoms. The van der Waals surface area contributed by atoms with Crippen LogP contribution in [-0.2, 0) is 9.59 Å². The summed E-state index contributed by atoms with van der Waals surface area (Å²) in [6.07, 6.45) is 0. The standard InChI is InChI=1S/C20H23F2N3O2/c1-12(2)18(23)20(27)24-11-17(26)25-19(13-3-7-15(21)8-4-13)14-5-9-16(22)10-6-14/h3-10,12,18-19H,11,23H2,1-2H3,(H,24,27)(H,25,26)/t18-/m0/s1. The first-order valence-electron chi connectivity index (χ1n) is 8.61. The van der Waals surface area contributed by atoms with Gasteiger partial charge in [0.25, 0.3) is 0 Å². The third-order valence-electron chi connectivity index (χ3n) is 4.16. The van der Waals surface area contributed by atoms with Gasteiger partial charge in [-0.15, -0.1) is 0 Å². The fourth-order valence-electron chi connectivity index (χ4n) is 2.47. The fraction of sp³-hybridized carbons (Fsp3) is 0.300. The number of benzene rings is 2. The van der Waals surface area contributed by atoms with Gasteiger partial charge in [-0.25, -0.2) is 8.78 Å². The summed E-state index contributed by atoms with van der Waals surface area (Å²) in [5, 5.41) is 5.27. The van der Waals surface area contributed by atoms with Gasteiger partial charge >= 0.3 is 0 Å². The monoisotopic (exact) mass is 375 g/mol. The smallest absolute Gasteiger partial charge is 0.240 e. The molecule has 0 bridgehead atoms. The molecular weight excluding hydrogens is 352 g/mol. The summed E-state index contributed by atoms with van der Waals surface area (Å²) in [5.41, 5.74) is 7.00. The highest BCUT2D eigenvalue weighted by molar-refractivity contribution is 5.87. The lowest BCUT2D eigenvalue weighted by molar-refractivity contribution is -0.127. The summed E-state index contributed by atoms with van der Waals surface area (Å²) in [6.45, 7) is 3.37. The minimum atomic E-state index is -0.706. The maximum atomic E-state index is 13.2. The van der Waals surface area contributed by atoms with E-state index in [0.29, 0.717) is 11.1 Å². The molecule has 2 aromatic carbocycles. The summed E-state index contributed by atoms with van der Waals surface area (Å²) >= 11 is 0. The molecular formula is C20H23F2N3O2. The van der Waals surface area contributed by atoms with Crippen LogP contribution in [0.3, 0.4) is 0 Å². The first kappa shape index (κ1) is 20.5. The lowest BCUT2D eigenvalue weighted by Crippen LogP contribution is -2.47. The first-order chi connectivity index (χ1) is 12.8. The van der Waals surface area contributed by atoms with E-state index in [-0.39, 0.29) is 12.5 Å². The third-order valence-corrected chi connectivity index (χ3v) is 4.16. The van der Waals surface area contributed by atoms with Crippen LogP contribution in [0.4, 0.5) is 8.78 Å². The molecule has 144 valence electrons. The Morgan fingerprint density at radius 3 is 1.78 bits per heavy atom. The van der Waals surface area contributed by atoms with Crippen LogP contribution in [0.25, 0.3) is 0 Å². The zero-order chi connectivity index (χ0) is 20.0. The number of rotatable bonds is 7. The molecule has 0 fully saturated rings. The highest BCUT2D eigenvalue weighted by atomic mass is 19.1. The van der Waals surface area contributed by atoms with E-state index in [4.69, 9.17) is 5.73 Å². The van der Waals surface area contributed by atoms with E-state index in [1.807, 2.05) is 13.8 Å². The molecule has 2 amide bonds. The molecule has 0 aliphatic carbocycles. The second-order valence-corrected chi connectivity index (χ2v) is 6.59. The van der Waals surface area contributed by atoms with E-state index < -0.39 is 35.5 Å². The predicted molar refractivity (Wildman–Crippen MR) is 98.6 cm³/mol.